The number of hydrogen-bond acceptors (Lipinski definition) is 4. The van der Waals surface area contributed by atoms with Crippen LogP contribution in [0.5, 0.6) is 0 Å². The summed E-state index contributed by atoms with van der Waals surface area (Å²) in [4.78, 5) is 30.2. The van der Waals surface area contributed by atoms with Crippen LogP contribution in [0.25, 0.3) is 22.3 Å². The maximum Gasteiger partial charge on any atom is 0.252 e. The van der Waals surface area contributed by atoms with Crippen LogP contribution in [-0.4, -0.2) is 39.2 Å². The molecule has 0 unspecified atom stereocenters. The van der Waals surface area contributed by atoms with Gasteiger partial charge in [0.2, 0.25) is 5.91 Å². The van der Waals surface area contributed by atoms with E-state index in [4.69, 9.17) is 16.6 Å². The molecule has 2 aromatic carbocycles. The summed E-state index contributed by atoms with van der Waals surface area (Å²) in [5.74, 6) is -0.607. The summed E-state index contributed by atoms with van der Waals surface area (Å²) in [6.45, 7) is 4.38. The summed E-state index contributed by atoms with van der Waals surface area (Å²) in [5.41, 5.74) is 3.37. The Bertz CT molecular complexity index is 1300. The first-order chi connectivity index (χ1) is 16.0. The van der Waals surface area contributed by atoms with Gasteiger partial charge in [0.1, 0.15) is 6.04 Å². The van der Waals surface area contributed by atoms with Crippen molar-refractivity contribution < 1.29 is 9.59 Å². The van der Waals surface area contributed by atoms with Gasteiger partial charge in [0, 0.05) is 17.1 Å². The Morgan fingerprint density at radius 2 is 1.82 bits per heavy atom. The van der Waals surface area contributed by atoms with Crippen LogP contribution >= 0.6 is 11.6 Å². The third-order valence-electron chi connectivity index (χ3n) is 5.29. The Kier molecular flexibility index (Phi) is 6.70. The SMILES string of the molecule is CCNC(=O)[C@H](C)NC(=O)c1cc(-c2ccccc2)nc2c1cnn2Cc1ccccc1Cl. The Morgan fingerprint density at radius 1 is 1.09 bits per heavy atom. The van der Waals surface area contributed by atoms with E-state index in [9.17, 15) is 9.59 Å². The Balaban J connectivity index is 1.78. The van der Waals surface area contributed by atoms with E-state index in [1.54, 1.807) is 23.9 Å². The Morgan fingerprint density at radius 3 is 2.55 bits per heavy atom. The van der Waals surface area contributed by atoms with Crippen molar-refractivity contribution >= 4 is 34.4 Å². The van der Waals surface area contributed by atoms with Crippen molar-refractivity contribution in [2.45, 2.75) is 26.4 Å². The van der Waals surface area contributed by atoms with E-state index in [0.29, 0.717) is 40.4 Å². The molecule has 2 heterocycles. The fourth-order valence-electron chi connectivity index (χ4n) is 3.56. The first-order valence-electron chi connectivity index (χ1n) is 10.7. The highest BCUT2D eigenvalue weighted by Crippen LogP contribution is 2.26. The number of halogens is 1. The monoisotopic (exact) mass is 461 g/mol. The van der Waals surface area contributed by atoms with E-state index in [1.807, 2.05) is 61.5 Å². The number of carbonyl (C=O) groups is 2. The second-order valence-electron chi connectivity index (χ2n) is 7.64. The average molecular weight is 462 g/mol. The van der Waals surface area contributed by atoms with Gasteiger partial charge >= 0.3 is 0 Å². The molecule has 2 aromatic heterocycles. The van der Waals surface area contributed by atoms with Crippen LogP contribution in [0.1, 0.15) is 29.8 Å². The van der Waals surface area contributed by atoms with Crippen LogP contribution in [0, 0.1) is 0 Å². The lowest BCUT2D eigenvalue weighted by molar-refractivity contribution is -0.122. The van der Waals surface area contributed by atoms with Crippen LogP contribution in [-0.2, 0) is 11.3 Å². The number of hydrogen-bond donors (Lipinski definition) is 2. The molecule has 0 saturated heterocycles. The van der Waals surface area contributed by atoms with Crippen molar-refractivity contribution in [1.29, 1.82) is 0 Å². The molecule has 33 heavy (non-hydrogen) atoms. The van der Waals surface area contributed by atoms with Crippen LogP contribution in [0.3, 0.4) is 0 Å². The number of rotatable bonds is 7. The first kappa shape index (κ1) is 22.5. The molecule has 2 N–H and O–H groups in total. The van der Waals surface area contributed by atoms with Crippen molar-refractivity contribution in [3.05, 3.63) is 83.0 Å². The van der Waals surface area contributed by atoms with E-state index in [1.165, 1.54) is 0 Å². The van der Waals surface area contributed by atoms with Gasteiger partial charge in [0.25, 0.3) is 5.91 Å². The molecule has 0 saturated carbocycles. The molecule has 0 aliphatic carbocycles. The number of nitrogens with one attached hydrogen (secondary N) is 2. The molecule has 4 aromatic rings. The summed E-state index contributed by atoms with van der Waals surface area (Å²) in [6.07, 6.45) is 1.62. The third-order valence-corrected chi connectivity index (χ3v) is 5.66. The zero-order chi connectivity index (χ0) is 23.4. The van der Waals surface area contributed by atoms with Crippen LogP contribution < -0.4 is 10.6 Å². The number of nitrogens with zero attached hydrogens (tertiary/aromatic N) is 3. The van der Waals surface area contributed by atoms with Crippen LogP contribution in [0.15, 0.2) is 66.9 Å². The fraction of sp³-hybridized carbons (Fsp3) is 0.200. The highest BCUT2D eigenvalue weighted by atomic mass is 35.5. The lowest BCUT2D eigenvalue weighted by Crippen LogP contribution is -2.44. The maximum atomic E-state index is 13.2. The molecule has 0 aliphatic rings. The third kappa shape index (κ3) is 4.88. The number of pyridine rings is 1. The summed E-state index contributed by atoms with van der Waals surface area (Å²) in [6, 6.07) is 18.2. The highest BCUT2D eigenvalue weighted by Gasteiger charge is 2.21. The molecule has 168 valence electrons. The first-order valence-corrected chi connectivity index (χ1v) is 11.1. The van der Waals surface area contributed by atoms with Gasteiger partial charge in [-0.05, 0) is 31.5 Å². The fourth-order valence-corrected chi connectivity index (χ4v) is 3.76. The van der Waals surface area contributed by atoms with Crippen molar-refractivity contribution in [2.24, 2.45) is 0 Å². The second kappa shape index (κ2) is 9.83. The van der Waals surface area contributed by atoms with E-state index in [0.717, 1.165) is 11.1 Å². The number of benzene rings is 2. The van der Waals surface area contributed by atoms with Gasteiger partial charge in [0.15, 0.2) is 5.65 Å². The molecule has 0 radical (unpaired) electrons. The minimum Gasteiger partial charge on any atom is -0.355 e. The van der Waals surface area contributed by atoms with Crippen LogP contribution in [0.4, 0.5) is 0 Å². The van der Waals surface area contributed by atoms with Gasteiger partial charge in [-0.15, -0.1) is 0 Å². The molecule has 0 bridgehead atoms. The van der Waals surface area contributed by atoms with Crippen molar-refractivity contribution in [3.8, 4) is 11.3 Å². The van der Waals surface area contributed by atoms with Gasteiger partial charge in [-0.2, -0.15) is 5.10 Å². The zero-order valence-corrected chi connectivity index (χ0v) is 19.1. The van der Waals surface area contributed by atoms with Gasteiger partial charge in [-0.1, -0.05) is 60.1 Å². The number of fused-ring (bicyclic) bond motifs is 1. The number of amides is 2. The molecule has 0 spiro atoms. The molecular weight excluding hydrogens is 438 g/mol. The summed E-state index contributed by atoms with van der Waals surface area (Å²) < 4.78 is 1.73. The largest absolute Gasteiger partial charge is 0.355 e. The highest BCUT2D eigenvalue weighted by molar-refractivity contribution is 6.31. The molecule has 0 fully saturated rings. The van der Waals surface area contributed by atoms with Crippen LogP contribution in [0.2, 0.25) is 5.02 Å². The minimum atomic E-state index is -0.681. The average Bonchev–Trinajstić information content (AvgIpc) is 3.23. The number of carbonyl (C=O) groups excluding carboxylic acids is 2. The molecular formula is C25H24ClN5O2. The van der Waals surface area contributed by atoms with Gasteiger partial charge in [-0.25, -0.2) is 9.67 Å². The van der Waals surface area contributed by atoms with E-state index >= 15 is 0 Å². The number of aromatic nitrogens is 3. The van der Waals surface area contributed by atoms with E-state index in [-0.39, 0.29) is 11.8 Å². The normalized spacial score (nSPS) is 11.8. The van der Waals surface area contributed by atoms with E-state index in [2.05, 4.69) is 15.7 Å². The lowest BCUT2D eigenvalue weighted by Gasteiger charge is -2.14. The van der Waals surface area contributed by atoms with Gasteiger partial charge in [0.05, 0.1) is 29.4 Å². The van der Waals surface area contributed by atoms with Gasteiger partial charge < -0.3 is 10.6 Å². The second-order valence-corrected chi connectivity index (χ2v) is 8.05. The molecule has 1 atom stereocenters. The standard InChI is InChI=1S/C25H24ClN5O2/c1-3-27-24(32)16(2)29-25(33)19-13-22(17-9-5-4-6-10-17)30-23-20(19)14-28-31(23)15-18-11-7-8-12-21(18)26/h4-14,16H,3,15H2,1-2H3,(H,27,32)(H,29,33)/t16-/m0/s1. The molecule has 2 amide bonds. The van der Waals surface area contributed by atoms with Crippen molar-refractivity contribution in [2.75, 3.05) is 6.54 Å². The Hall–Kier alpha value is -3.71. The van der Waals surface area contributed by atoms with Crippen molar-refractivity contribution in [3.63, 3.8) is 0 Å². The topological polar surface area (TPSA) is 88.9 Å². The zero-order valence-electron chi connectivity index (χ0n) is 18.4. The number of likely N-dealkylation sites (N-methyl/N-ethyl adjacent to an activating group) is 1. The van der Waals surface area contributed by atoms with Gasteiger partial charge in [-0.3, -0.25) is 9.59 Å². The maximum absolute atomic E-state index is 13.2. The smallest absolute Gasteiger partial charge is 0.252 e. The molecule has 7 nitrogen and oxygen atoms in total. The quantitative estimate of drug-likeness (QED) is 0.434. The summed E-state index contributed by atoms with van der Waals surface area (Å²) in [5, 5.41) is 11.2. The predicted octanol–water partition coefficient (Wildman–Crippen LogP) is 4.05. The molecule has 0 aliphatic heterocycles. The van der Waals surface area contributed by atoms with Crippen molar-refractivity contribution in [1.82, 2.24) is 25.4 Å². The Labute approximate surface area is 196 Å². The lowest BCUT2D eigenvalue weighted by atomic mass is 10.1. The summed E-state index contributed by atoms with van der Waals surface area (Å²) >= 11 is 6.35. The predicted molar refractivity (Wildman–Crippen MR) is 129 cm³/mol. The molecule has 8 heteroatoms. The van der Waals surface area contributed by atoms with E-state index < -0.39 is 6.04 Å². The molecule has 4 rings (SSSR count). The summed E-state index contributed by atoms with van der Waals surface area (Å²) in [7, 11) is 0. The minimum absolute atomic E-state index is 0.242.